The van der Waals surface area contributed by atoms with Crippen LogP contribution in [0.1, 0.15) is 50.2 Å². The molecule has 2 N–H and O–H groups in total. The zero-order chi connectivity index (χ0) is 12.7. The summed E-state index contributed by atoms with van der Waals surface area (Å²) in [6.45, 7) is 4.64. The van der Waals surface area contributed by atoms with E-state index in [4.69, 9.17) is 5.73 Å². The molecule has 3 rings (SSSR count). The van der Waals surface area contributed by atoms with Crippen molar-refractivity contribution in [2.45, 2.75) is 45.2 Å². The highest BCUT2D eigenvalue weighted by Crippen LogP contribution is 2.34. The molecule has 0 spiro atoms. The number of nitrogens with zero attached hydrogens (tertiary/aromatic N) is 7. The second-order valence-electron chi connectivity index (χ2n) is 4.94. The van der Waals surface area contributed by atoms with E-state index < -0.39 is 0 Å². The van der Waals surface area contributed by atoms with Gasteiger partial charge in [-0.2, -0.15) is 0 Å². The maximum absolute atomic E-state index is 5.83. The quantitative estimate of drug-likeness (QED) is 0.838. The number of aromatic nitrogens is 7. The Kier molecular flexibility index (Phi) is 2.49. The third-order valence-corrected chi connectivity index (χ3v) is 3.09. The molecule has 2 heterocycles. The molecule has 0 unspecified atom stereocenters. The topological polar surface area (TPSA) is 100 Å². The van der Waals surface area contributed by atoms with Crippen LogP contribution in [0, 0.1) is 0 Å². The van der Waals surface area contributed by atoms with Gasteiger partial charge in [-0.1, -0.05) is 19.1 Å². The number of nitrogen functional groups attached to an aromatic ring is 1. The Balaban J connectivity index is 1.90. The van der Waals surface area contributed by atoms with Gasteiger partial charge in [0.25, 0.3) is 0 Å². The van der Waals surface area contributed by atoms with Crippen molar-refractivity contribution < 1.29 is 0 Å². The summed E-state index contributed by atoms with van der Waals surface area (Å²) < 4.78 is 3.66. The highest BCUT2D eigenvalue weighted by molar-refractivity contribution is 5.35. The van der Waals surface area contributed by atoms with E-state index in [-0.39, 0.29) is 5.92 Å². The second-order valence-corrected chi connectivity index (χ2v) is 4.94. The van der Waals surface area contributed by atoms with Crippen molar-refractivity contribution in [2.75, 3.05) is 5.73 Å². The van der Waals surface area contributed by atoms with Crippen LogP contribution in [0.25, 0.3) is 0 Å². The van der Waals surface area contributed by atoms with Gasteiger partial charge in [-0.15, -0.1) is 10.2 Å². The molecular formula is C10H16N8. The van der Waals surface area contributed by atoms with Gasteiger partial charge in [0, 0.05) is 0 Å². The van der Waals surface area contributed by atoms with Gasteiger partial charge >= 0.3 is 0 Å². The maximum atomic E-state index is 5.83. The fourth-order valence-electron chi connectivity index (χ4n) is 2.10. The molecule has 96 valence electrons. The third kappa shape index (κ3) is 1.83. The molecule has 1 saturated carbocycles. The van der Waals surface area contributed by atoms with Crippen molar-refractivity contribution in [1.29, 1.82) is 0 Å². The van der Waals surface area contributed by atoms with E-state index >= 15 is 0 Å². The molecule has 0 atom stereocenters. The van der Waals surface area contributed by atoms with Crippen molar-refractivity contribution in [3.63, 3.8) is 0 Å². The molecule has 0 aliphatic heterocycles. The largest absolute Gasteiger partial charge is 0.381 e. The first-order valence-corrected chi connectivity index (χ1v) is 6.12. The molecular weight excluding hydrogens is 232 g/mol. The van der Waals surface area contributed by atoms with E-state index in [9.17, 15) is 0 Å². The Bertz CT molecular complexity index is 550. The zero-order valence-electron chi connectivity index (χ0n) is 10.5. The molecule has 1 aliphatic rings. The molecule has 1 fully saturated rings. The fraction of sp³-hybridized carbons (Fsp3) is 0.700. The molecule has 0 saturated heterocycles. The number of tetrazole rings is 1. The lowest BCUT2D eigenvalue weighted by molar-refractivity contribution is 0.526. The molecule has 1 aliphatic carbocycles. The lowest BCUT2D eigenvalue weighted by Crippen LogP contribution is -2.13. The van der Waals surface area contributed by atoms with E-state index in [1.807, 2.05) is 4.68 Å². The van der Waals surface area contributed by atoms with Crippen LogP contribution in [0.3, 0.4) is 0 Å². The molecule has 2 aromatic heterocycles. The predicted molar refractivity (Wildman–Crippen MR) is 63.7 cm³/mol. The number of hydrogen-bond donors (Lipinski definition) is 1. The van der Waals surface area contributed by atoms with E-state index in [2.05, 4.69) is 39.7 Å². The SMILES string of the molecule is CC(C)c1c(N)nnn1Cc1nnnn1C1CC1. The molecule has 0 radical (unpaired) electrons. The van der Waals surface area contributed by atoms with Gasteiger partial charge in [-0.3, -0.25) is 0 Å². The summed E-state index contributed by atoms with van der Waals surface area (Å²) in [5.74, 6) is 1.56. The van der Waals surface area contributed by atoms with Crippen molar-refractivity contribution in [3.05, 3.63) is 11.5 Å². The summed E-state index contributed by atoms with van der Waals surface area (Å²) in [4.78, 5) is 0. The lowest BCUT2D eigenvalue weighted by Gasteiger charge is -2.09. The Labute approximate surface area is 104 Å². The Morgan fingerprint density at radius 1 is 1.28 bits per heavy atom. The van der Waals surface area contributed by atoms with Gasteiger partial charge < -0.3 is 5.73 Å². The van der Waals surface area contributed by atoms with Crippen molar-refractivity contribution in [2.24, 2.45) is 0 Å². The second kappa shape index (κ2) is 4.04. The van der Waals surface area contributed by atoms with Gasteiger partial charge in [-0.25, -0.2) is 9.36 Å². The number of hydrogen-bond acceptors (Lipinski definition) is 6. The third-order valence-electron chi connectivity index (χ3n) is 3.09. The molecule has 0 bridgehead atoms. The van der Waals surface area contributed by atoms with Gasteiger partial charge in [-0.05, 0) is 29.2 Å². The van der Waals surface area contributed by atoms with Gasteiger partial charge in [0.15, 0.2) is 11.6 Å². The maximum Gasteiger partial charge on any atom is 0.173 e. The van der Waals surface area contributed by atoms with Crippen molar-refractivity contribution in [3.8, 4) is 0 Å². The van der Waals surface area contributed by atoms with E-state index in [1.165, 1.54) is 0 Å². The standard InChI is InChI=1S/C10H16N8/c1-6(2)9-10(11)13-15-17(9)5-8-12-14-16-18(8)7-3-4-7/h6-7H,3-5,11H2,1-2H3. The first-order chi connectivity index (χ1) is 8.66. The number of anilines is 1. The van der Waals surface area contributed by atoms with E-state index in [1.54, 1.807) is 4.68 Å². The summed E-state index contributed by atoms with van der Waals surface area (Å²) in [6.07, 6.45) is 2.29. The first-order valence-electron chi connectivity index (χ1n) is 6.12. The summed E-state index contributed by atoms with van der Waals surface area (Å²) in [5, 5.41) is 19.8. The lowest BCUT2D eigenvalue weighted by atomic mass is 10.1. The van der Waals surface area contributed by atoms with Crippen LogP contribution in [0.15, 0.2) is 0 Å². The van der Waals surface area contributed by atoms with Crippen molar-refractivity contribution >= 4 is 5.82 Å². The molecule has 8 nitrogen and oxygen atoms in total. The molecule has 8 heteroatoms. The molecule has 18 heavy (non-hydrogen) atoms. The minimum atomic E-state index is 0.269. The number of rotatable bonds is 4. The number of nitrogens with two attached hydrogens (primary N) is 1. The Morgan fingerprint density at radius 3 is 2.72 bits per heavy atom. The average molecular weight is 248 g/mol. The highest BCUT2D eigenvalue weighted by Gasteiger charge is 2.28. The summed E-state index contributed by atoms with van der Waals surface area (Å²) in [6, 6.07) is 0.457. The van der Waals surface area contributed by atoms with E-state index in [0.29, 0.717) is 18.4 Å². The fourth-order valence-corrected chi connectivity index (χ4v) is 2.10. The Morgan fingerprint density at radius 2 is 2.06 bits per heavy atom. The monoisotopic (exact) mass is 248 g/mol. The minimum Gasteiger partial charge on any atom is -0.381 e. The van der Waals surface area contributed by atoms with Crippen LogP contribution in [-0.4, -0.2) is 35.2 Å². The van der Waals surface area contributed by atoms with Gasteiger partial charge in [0.05, 0.1) is 11.7 Å². The summed E-state index contributed by atoms with van der Waals surface area (Å²) in [5.41, 5.74) is 6.76. The first kappa shape index (κ1) is 11.1. The average Bonchev–Trinajstić information content (AvgIpc) is 2.95. The van der Waals surface area contributed by atoms with Crippen LogP contribution in [0.2, 0.25) is 0 Å². The van der Waals surface area contributed by atoms with Crippen LogP contribution < -0.4 is 5.73 Å². The Hall–Kier alpha value is -1.99. The van der Waals surface area contributed by atoms with Gasteiger partial charge in [0.1, 0.15) is 6.54 Å². The van der Waals surface area contributed by atoms with Crippen molar-refractivity contribution in [1.82, 2.24) is 35.2 Å². The van der Waals surface area contributed by atoms with Crippen LogP contribution >= 0.6 is 0 Å². The summed E-state index contributed by atoms with van der Waals surface area (Å²) >= 11 is 0. The summed E-state index contributed by atoms with van der Waals surface area (Å²) in [7, 11) is 0. The minimum absolute atomic E-state index is 0.269. The van der Waals surface area contributed by atoms with Crippen LogP contribution in [-0.2, 0) is 6.54 Å². The van der Waals surface area contributed by atoms with Crippen LogP contribution in [0.4, 0.5) is 5.82 Å². The molecule has 0 aromatic carbocycles. The normalized spacial score (nSPS) is 15.5. The van der Waals surface area contributed by atoms with Crippen LogP contribution in [0.5, 0.6) is 0 Å². The highest BCUT2D eigenvalue weighted by atomic mass is 15.6. The molecule has 0 amide bonds. The smallest absolute Gasteiger partial charge is 0.173 e. The molecule has 2 aromatic rings. The predicted octanol–water partition coefficient (Wildman–Crippen LogP) is 0.353. The zero-order valence-corrected chi connectivity index (χ0v) is 10.5. The van der Waals surface area contributed by atoms with E-state index in [0.717, 1.165) is 24.4 Å². The van der Waals surface area contributed by atoms with Gasteiger partial charge in [0.2, 0.25) is 0 Å².